The number of carbonyl (C=O) groups excluding carboxylic acids is 2. The molecule has 0 aliphatic rings. The molecule has 0 bridgehead atoms. The predicted octanol–water partition coefficient (Wildman–Crippen LogP) is 3.64. The van der Waals surface area contributed by atoms with E-state index < -0.39 is 11.8 Å². The molecule has 0 aliphatic heterocycles. The number of hydrogen-bond donors (Lipinski definition) is 1. The third-order valence-electron chi connectivity index (χ3n) is 2.82. The number of nitrogens with zero attached hydrogens (tertiary/aromatic N) is 3. The van der Waals surface area contributed by atoms with Gasteiger partial charge in [0, 0.05) is 6.08 Å². The van der Waals surface area contributed by atoms with Crippen molar-refractivity contribution in [3.63, 3.8) is 0 Å². The molecule has 0 aliphatic carbocycles. The van der Waals surface area contributed by atoms with E-state index in [0.29, 0.717) is 23.6 Å². The van der Waals surface area contributed by atoms with Gasteiger partial charge in [0.05, 0.1) is 19.9 Å². The number of aromatic amines is 1. The summed E-state index contributed by atoms with van der Waals surface area (Å²) in [4.78, 5) is 37.6. The van der Waals surface area contributed by atoms with Crippen LogP contribution in [-0.2, 0) is 19.1 Å². The Labute approximate surface area is 165 Å². The molecular formula is C20H28N4O4. The topological polar surface area (TPSA) is 107 Å². The van der Waals surface area contributed by atoms with E-state index in [-0.39, 0.29) is 5.76 Å². The summed E-state index contributed by atoms with van der Waals surface area (Å²) in [5.41, 5.74) is 1.03. The fourth-order valence-corrected chi connectivity index (χ4v) is 1.73. The molecule has 0 fully saturated rings. The molecule has 0 radical (unpaired) electrons. The van der Waals surface area contributed by atoms with E-state index in [9.17, 15) is 9.59 Å². The van der Waals surface area contributed by atoms with Crippen molar-refractivity contribution in [3.8, 4) is 0 Å². The zero-order valence-corrected chi connectivity index (χ0v) is 17.1. The number of allylic oxidation sites excluding steroid dienone is 3. The summed E-state index contributed by atoms with van der Waals surface area (Å²) >= 11 is 0. The van der Waals surface area contributed by atoms with Crippen LogP contribution in [0, 0.1) is 0 Å². The molecule has 0 amide bonds. The second-order valence-corrected chi connectivity index (χ2v) is 5.03. The molecule has 28 heavy (non-hydrogen) atoms. The first-order valence-electron chi connectivity index (χ1n) is 8.79. The summed E-state index contributed by atoms with van der Waals surface area (Å²) < 4.78 is 9.66. The zero-order valence-electron chi connectivity index (χ0n) is 17.1. The summed E-state index contributed by atoms with van der Waals surface area (Å²) in [6, 6.07) is 0. The average Bonchev–Trinajstić information content (AvgIpc) is 3.13. The maximum atomic E-state index is 11.5. The molecule has 1 N–H and O–H groups in total. The Bertz CT molecular complexity index is 776. The molecule has 8 nitrogen and oxygen atoms in total. The Hall–Kier alpha value is -3.29. The number of carbonyl (C=O) groups is 2. The van der Waals surface area contributed by atoms with Gasteiger partial charge in [-0.3, -0.25) is 4.79 Å². The summed E-state index contributed by atoms with van der Waals surface area (Å²) in [7, 11) is 1.13. The molecule has 0 unspecified atom stereocenters. The Morgan fingerprint density at radius 1 is 1.29 bits per heavy atom. The monoisotopic (exact) mass is 388 g/mol. The lowest BCUT2D eigenvalue weighted by Crippen LogP contribution is -2.13. The summed E-state index contributed by atoms with van der Waals surface area (Å²) in [5, 5.41) is 0. The van der Waals surface area contributed by atoms with Crippen molar-refractivity contribution < 1.29 is 19.1 Å². The molecule has 0 aromatic carbocycles. The van der Waals surface area contributed by atoms with Crippen LogP contribution >= 0.6 is 0 Å². The number of ketones is 1. The number of nitrogens with one attached hydrogen (secondary N) is 1. The van der Waals surface area contributed by atoms with Crippen molar-refractivity contribution in [2.75, 3.05) is 13.7 Å². The van der Waals surface area contributed by atoms with Crippen LogP contribution in [0.4, 0.5) is 0 Å². The first kappa shape index (κ1) is 24.7. The van der Waals surface area contributed by atoms with Crippen molar-refractivity contribution >= 4 is 28.7 Å². The van der Waals surface area contributed by atoms with Gasteiger partial charge in [-0.1, -0.05) is 25.2 Å². The maximum Gasteiger partial charge on any atom is 0.378 e. The molecule has 2 aromatic heterocycles. The molecule has 8 heteroatoms. The van der Waals surface area contributed by atoms with Gasteiger partial charge in [-0.2, -0.15) is 0 Å². The van der Waals surface area contributed by atoms with E-state index in [1.807, 2.05) is 13.8 Å². The number of fused-ring (bicyclic) bond motifs is 1. The highest BCUT2D eigenvalue weighted by Gasteiger charge is 2.16. The number of ether oxygens (including phenoxy) is 2. The quantitative estimate of drug-likeness (QED) is 0.265. The highest BCUT2D eigenvalue weighted by atomic mass is 16.5. The third-order valence-corrected chi connectivity index (χ3v) is 2.82. The highest BCUT2D eigenvalue weighted by molar-refractivity contribution is 6.39. The lowest BCUT2D eigenvalue weighted by atomic mass is 10.3. The normalized spacial score (nSPS) is 10.4. The minimum atomic E-state index is -0.974. The predicted molar refractivity (Wildman–Crippen MR) is 109 cm³/mol. The fraction of sp³-hybridized carbons (Fsp3) is 0.350. The summed E-state index contributed by atoms with van der Waals surface area (Å²) in [5.74, 6) is -1.37. The van der Waals surface area contributed by atoms with Crippen molar-refractivity contribution in [2.45, 2.75) is 34.1 Å². The first-order chi connectivity index (χ1) is 13.5. The highest BCUT2D eigenvalue weighted by Crippen LogP contribution is 2.16. The molecule has 0 saturated carbocycles. The van der Waals surface area contributed by atoms with E-state index in [2.05, 4.69) is 50.3 Å². The van der Waals surface area contributed by atoms with Crippen LogP contribution in [0.1, 0.15) is 39.9 Å². The van der Waals surface area contributed by atoms with E-state index >= 15 is 0 Å². The number of methoxy groups -OCH3 is 1. The van der Waals surface area contributed by atoms with Crippen molar-refractivity contribution in [1.82, 2.24) is 19.9 Å². The van der Waals surface area contributed by atoms with Gasteiger partial charge in [-0.05, 0) is 27.2 Å². The van der Waals surface area contributed by atoms with Crippen molar-refractivity contribution in [2.24, 2.45) is 0 Å². The largest absolute Gasteiger partial charge is 0.490 e. The standard InChI is InChI=1S/C12H12N4O4.C5H10.C3H6/c1-3-20-9(4-8(17)12(18)19-2)11-15-7-5-13-6-14-10(7)16-11;1-3-5-4-2;1-3-2/h4-6H,3H2,1-2H3,(H,13,14,15,16);3,5H,4H2,1-2H3;3H,1H2,2H3/b9-4-;5-3+;. The van der Waals surface area contributed by atoms with Gasteiger partial charge in [0.2, 0.25) is 0 Å². The number of rotatable bonds is 6. The van der Waals surface area contributed by atoms with E-state index in [0.717, 1.165) is 19.6 Å². The van der Waals surface area contributed by atoms with Gasteiger partial charge in [0.1, 0.15) is 11.8 Å². The molecule has 152 valence electrons. The van der Waals surface area contributed by atoms with E-state index in [1.54, 1.807) is 19.2 Å². The number of H-pyrrole nitrogens is 1. The van der Waals surface area contributed by atoms with Crippen molar-refractivity contribution in [3.05, 3.63) is 49.2 Å². The minimum absolute atomic E-state index is 0.140. The molecule has 0 spiro atoms. The van der Waals surface area contributed by atoms with Crippen LogP contribution < -0.4 is 0 Å². The molecule has 0 atom stereocenters. The molecular weight excluding hydrogens is 360 g/mol. The Morgan fingerprint density at radius 2 is 1.96 bits per heavy atom. The fourth-order valence-electron chi connectivity index (χ4n) is 1.73. The zero-order chi connectivity index (χ0) is 21.4. The Balaban J connectivity index is 0.000000777. The van der Waals surface area contributed by atoms with Gasteiger partial charge in [-0.15, -0.1) is 6.58 Å². The van der Waals surface area contributed by atoms with Gasteiger partial charge in [-0.25, -0.2) is 19.7 Å². The van der Waals surface area contributed by atoms with Crippen LogP contribution in [0.2, 0.25) is 0 Å². The number of hydrogen-bond acceptors (Lipinski definition) is 7. The second kappa shape index (κ2) is 14.8. The molecule has 2 aromatic rings. The number of esters is 1. The SMILES string of the molecule is C/C=C/CC.C=CC.CCO/C(=C\C(=O)C(=O)OC)c1nc2ncncc2[nH]1. The Morgan fingerprint density at radius 3 is 2.43 bits per heavy atom. The first-order valence-corrected chi connectivity index (χ1v) is 8.79. The van der Waals surface area contributed by atoms with Gasteiger partial charge in [0.25, 0.3) is 5.78 Å². The van der Waals surface area contributed by atoms with Crippen LogP contribution in [-0.4, -0.2) is 45.4 Å². The van der Waals surface area contributed by atoms with Crippen LogP contribution in [0.3, 0.4) is 0 Å². The lowest BCUT2D eigenvalue weighted by molar-refractivity contribution is -0.149. The summed E-state index contributed by atoms with van der Waals surface area (Å²) in [6.07, 6.45) is 11.0. The van der Waals surface area contributed by atoms with Gasteiger partial charge in [0.15, 0.2) is 17.2 Å². The van der Waals surface area contributed by atoms with Gasteiger partial charge >= 0.3 is 5.97 Å². The van der Waals surface area contributed by atoms with E-state index in [4.69, 9.17) is 4.74 Å². The van der Waals surface area contributed by atoms with Crippen molar-refractivity contribution in [1.29, 1.82) is 0 Å². The average molecular weight is 388 g/mol. The van der Waals surface area contributed by atoms with Crippen LogP contribution in [0.25, 0.3) is 16.9 Å². The number of imidazole rings is 1. The maximum absolute atomic E-state index is 11.5. The number of aromatic nitrogens is 4. The summed E-state index contributed by atoms with van der Waals surface area (Å²) in [6.45, 7) is 11.5. The second-order valence-electron chi connectivity index (χ2n) is 5.03. The third kappa shape index (κ3) is 8.88. The molecule has 2 rings (SSSR count). The van der Waals surface area contributed by atoms with Gasteiger partial charge < -0.3 is 14.5 Å². The smallest absolute Gasteiger partial charge is 0.378 e. The lowest BCUT2D eigenvalue weighted by Gasteiger charge is -2.04. The molecule has 0 saturated heterocycles. The Kier molecular flexibility index (Phi) is 13.1. The van der Waals surface area contributed by atoms with Crippen LogP contribution in [0.15, 0.2) is 43.4 Å². The van der Waals surface area contributed by atoms with Crippen LogP contribution in [0.5, 0.6) is 0 Å². The van der Waals surface area contributed by atoms with E-state index in [1.165, 1.54) is 6.33 Å². The minimum Gasteiger partial charge on any atom is -0.490 e. The molecule has 2 heterocycles.